The van der Waals surface area contributed by atoms with Gasteiger partial charge in [-0.05, 0) is 17.7 Å². The number of nitrogens with zero attached hydrogens (tertiary/aromatic N) is 2. The first kappa shape index (κ1) is 11.9. The van der Waals surface area contributed by atoms with Gasteiger partial charge in [0.2, 0.25) is 0 Å². The van der Waals surface area contributed by atoms with Gasteiger partial charge in [0.1, 0.15) is 5.82 Å². The summed E-state index contributed by atoms with van der Waals surface area (Å²) in [5.74, 6) is -3.35. The second-order valence-corrected chi connectivity index (χ2v) is 4.13. The molecule has 6 heteroatoms. The summed E-state index contributed by atoms with van der Waals surface area (Å²) >= 11 is 0. The zero-order valence-electron chi connectivity index (χ0n) is 8.94. The van der Waals surface area contributed by atoms with Gasteiger partial charge in [-0.2, -0.15) is 0 Å². The minimum absolute atomic E-state index is 0.113. The average molecular weight is 244 g/mol. The van der Waals surface area contributed by atoms with Crippen LogP contribution in [-0.4, -0.2) is 17.5 Å². The van der Waals surface area contributed by atoms with Crippen molar-refractivity contribution < 1.29 is 13.2 Å². The molecule has 2 rings (SSSR count). The van der Waals surface area contributed by atoms with Gasteiger partial charge in [-0.3, -0.25) is 5.01 Å². The number of rotatable bonds is 2. The Kier molecular flexibility index (Phi) is 3.04. The second kappa shape index (κ2) is 4.35. The van der Waals surface area contributed by atoms with E-state index in [1.54, 1.807) is 0 Å². The summed E-state index contributed by atoms with van der Waals surface area (Å²) in [6, 6.07) is 4.48. The molecule has 1 fully saturated rings. The minimum atomic E-state index is -2.84. The molecule has 1 atom stereocenters. The van der Waals surface area contributed by atoms with Crippen molar-refractivity contribution in [2.45, 2.75) is 24.8 Å². The Morgan fingerprint density at radius 3 is 2.82 bits per heavy atom. The zero-order chi connectivity index (χ0) is 12.5. The van der Waals surface area contributed by atoms with Crippen molar-refractivity contribution in [1.82, 2.24) is 5.01 Å². The highest BCUT2D eigenvalue weighted by molar-refractivity contribution is 5.21. The van der Waals surface area contributed by atoms with E-state index in [9.17, 15) is 18.1 Å². The lowest BCUT2D eigenvalue weighted by molar-refractivity contribution is -0.0795. The van der Waals surface area contributed by atoms with Gasteiger partial charge in [-0.15, -0.1) is 4.91 Å². The number of hydrogen-bond donors (Lipinski definition) is 0. The molecular weight excluding hydrogens is 233 g/mol. The summed E-state index contributed by atoms with van der Waals surface area (Å²) in [7, 11) is 0. The zero-order valence-corrected chi connectivity index (χ0v) is 8.94. The first-order chi connectivity index (χ1) is 8.02. The summed E-state index contributed by atoms with van der Waals surface area (Å²) in [5.41, 5.74) is 0.351. The monoisotopic (exact) mass is 244 g/mol. The number of alkyl halides is 2. The van der Waals surface area contributed by atoms with Crippen LogP contribution >= 0.6 is 0 Å². The summed E-state index contributed by atoms with van der Waals surface area (Å²) in [6.07, 6.45) is -0.910. The van der Waals surface area contributed by atoms with Crippen molar-refractivity contribution >= 4 is 0 Å². The lowest BCUT2D eigenvalue weighted by Crippen LogP contribution is -2.38. The van der Waals surface area contributed by atoms with Crippen LogP contribution in [0, 0.1) is 10.7 Å². The molecule has 1 aliphatic rings. The molecule has 1 unspecified atom stereocenters. The van der Waals surface area contributed by atoms with Gasteiger partial charge in [-0.25, -0.2) is 13.2 Å². The van der Waals surface area contributed by atoms with Gasteiger partial charge >= 0.3 is 0 Å². The van der Waals surface area contributed by atoms with E-state index in [1.165, 1.54) is 18.2 Å². The van der Waals surface area contributed by atoms with Crippen LogP contribution in [0.5, 0.6) is 0 Å². The van der Waals surface area contributed by atoms with Crippen LogP contribution in [0.25, 0.3) is 0 Å². The van der Waals surface area contributed by atoms with Gasteiger partial charge in [0.15, 0.2) is 0 Å². The quantitative estimate of drug-likeness (QED) is 0.748. The van der Waals surface area contributed by atoms with Crippen molar-refractivity contribution in [3.63, 3.8) is 0 Å². The Bertz CT molecular complexity index is 425. The van der Waals surface area contributed by atoms with Gasteiger partial charge in [-0.1, -0.05) is 12.1 Å². The van der Waals surface area contributed by atoms with Gasteiger partial charge in [0.25, 0.3) is 5.92 Å². The molecule has 92 valence electrons. The van der Waals surface area contributed by atoms with Gasteiger partial charge in [0, 0.05) is 19.4 Å². The number of halogens is 3. The Hall–Kier alpha value is -1.59. The predicted octanol–water partition coefficient (Wildman–Crippen LogP) is 3.28. The lowest BCUT2D eigenvalue weighted by atomic mass is 9.94. The first-order valence-electron chi connectivity index (χ1n) is 5.25. The highest BCUT2D eigenvalue weighted by Crippen LogP contribution is 2.39. The first-order valence-corrected chi connectivity index (χ1v) is 5.25. The van der Waals surface area contributed by atoms with Crippen molar-refractivity contribution in [1.29, 1.82) is 0 Å². The molecule has 0 spiro atoms. The molecule has 1 heterocycles. The molecule has 1 aliphatic heterocycles. The third-order valence-corrected chi connectivity index (χ3v) is 2.90. The fraction of sp³-hybridized carbons (Fsp3) is 0.455. The highest BCUT2D eigenvalue weighted by atomic mass is 19.3. The van der Waals surface area contributed by atoms with Crippen LogP contribution in [0.3, 0.4) is 0 Å². The lowest BCUT2D eigenvalue weighted by Gasteiger charge is -2.35. The number of piperidine rings is 1. The number of benzene rings is 1. The van der Waals surface area contributed by atoms with E-state index in [0.717, 1.165) is 11.1 Å². The largest absolute Gasteiger partial charge is 0.253 e. The molecule has 0 aliphatic carbocycles. The topological polar surface area (TPSA) is 32.7 Å². The summed E-state index contributed by atoms with van der Waals surface area (Å²) in [4.78, 5) is 10.6. The molecule has 3 nitrogen and oxygen atoms in total. The smallest absolute Gasteiger partial charge is 0.252 e. The maximum absolute atomic E-state index is 13.3. The van der Waals surface area contributed by atoms with Crippen LogP contribution < -0.4 is 0 Å². The van der Waals surface area contributed by atoms with Gasteiger partial charge < -0.3 is 0 Å². The van der Waals surface area contributed by atoms with E-state index in [4.69, 9.17) is 0 Å². The molecule has 0 saturated carbocycles. The number of hydrogen-bond acceptors (Lipinski definition) is 2. The molecule has 0 amide bonds. The van der Waals surface area contributed by atoms with Crippen LogP contribution in [0.1, 0.15) is 24.4 Å². The van der Waals surface area contributed by atoms with Crippen LogP contribution in [0.15, 0.2) is 29.6 Å². The van der Waals surface area contributed by atoms with Crippen LogP contribution in [0.2, 0.25) is 0 Å². The van der Waals surface area contributed by atoms with Crippen LogP contribution in [-0.2, 0) is 0 Å². The Labute approximate surface area is 96.2 Å². The van der Waals surface area contributed by atoms with E-state index in [0.29, 0.717) is 5.56 Å². The van der Waals surface area contributed by atoms with E-state index < -0.39 is 30.6 Å². The molecule has 1 aromatic rings. The van der Waals surface area contributed by atoms with E-state index in [-0.39, 0.29) is 6.54 Å². The maximum Gasteiger partial charge on any atom is 0.252 e. The minimum Gasteiger partial charge on any atom is -0.253 e. The third-order valence-electron chi connectivity index (χ3n) is 2.90. The fourth-order valence-corrected chi connectivity index (χ4v) is 2.03. The SMILES string of the molecule is O=NN1CCC(F)(F)CC1c1cccc(F)c1. The van der Waals surface area contributed by atoms with Crippen LogP contribution in [0.4, 0.5) is 13.2 Å². The molecule has 0 bridgehead atoms. The van der Waals surface area contributed by atoms with E-state index in [2.05, 4.69) is 5.29 Å². The summed E-state index contributed by atoms with van der Waals surface area (Å²) < 4.78 is 39.6. The predicted molar refractivity (Wildman–Crippen MR) is 55.8 cm³/mol. The van der Waals surface area contributed by atoms with Gasteiger partial charge in [0.05, 0.1) is 11.3 Å². The number of nitroso groups, excluding NO2 is 1. The molecule has 1 aromatic carbocycles. The molecule has 0 radical (unpaired) electrons. The van der Waals surface area contributed by atoms with Crippen molar-refractivity contribution in [3.05, 3.63) is 40.6 Å². The summed E-state index contributed by atoms with van der Waals surface area (Å²) in [5, 5.41) is 3.78. The van der Waals surface area contributed by atoms with Crippen molar-refractivity contribution in [3.8, 4) is 0 Å². The second-order valence-electron chi connectivity index (χ2n) is 4.13. The van der Waals surface area contributed by atoms with E-state index >= 15 is 0 Å². The Morgan fingerprint density at radius 1 is 1.41 bits per heavy atom. The molecule has 0 aromatic heterocycles. The standard InChI is InChI=1S/C11H11F3N2O/c12-9-3-1-2-8(6-9)10-7-11(13,14)4-5-16(10)15-17/h1-3,6,10H,4-5,7H2. The molecule has 17 heavy (non-hydrogen) atoms. The fourth-order valence-electron chi connectivity index (χ4n) is 2.03. The normalized spacial score (nSPS) is 23.5. The third kappa shape index (κ3) is 2.57. The molecule has 1 saturated heterocycles. The molecule has 0 N–H and O–H groups in total. The van der Waals surface area contributed by atoms with Crippen molar-refractivity contribution in [2.24, 2.45) is 5.29 Å². The maximum atomic E-state index is 13.3. The average Bonchev–Trinajstić information content (AvgIpc) is 2.28. The Balaban J connectivity index is 2.29. The van der Waals surface area contributed by atoms with Crippen molar-refractivity contribution in [2.75, 3.05) is 6.54 Å². The summed E-state index contributed by atoms with van der Waals surface area (Å²) in [6.45, 7) is -0.113. The molecular formula is C11H11F3N2O. The Morgan fingerprint density at radius 2 is 2.18 bits per heavy atom. The van der Waals surface area contributed by atoms with E-state index in [1.807, 2.05) is 0 Å². The highest BCUT2D eigenvalue weighted by Gasteiger charge is 2.41.